The van der Waals surface area contributed by atoms with E-state index in [0.29, 0.717) is 24.5 Å². The zero-order valence-corrected chi connectivity index (χ0v) is 9.34. The number of rotatable bonds is 3. The lowest BCUT2D eigenvalue weighted by Crippen LogP contribution is -2.39. The standard InChI is InChI=1S/C11H14FN3O2/c12-5-9-4-10(14-7-13-9)15-3-1-2-8(6-15)11(16)17/h4,7-8H,1-3,5-6H2,(H,16,17). The first-order chi connectivity index (χ1) is 8.20. The molecule has 0 amide bonds. The van der Waals surface area contributed by atoms with Crippen LogP contribution in [0.3, 0.4) is 0 Å². The molecule has 1 unspecified atom stereocenters. The maximum Gasteiger partial charge on any atom is 0.308 e. The molecule has 1 aliphatic rings. The van der Waals surface area contributed by atoms with Gasteiger partial charge in [-0.2, -0.15) is 0 Å². The normalized spacial score (nSPS) is 20.3. The number of aliphatic carboxylic acids is 1. The highest BCUT2D eigenvalue weighted by molar-refractivity contribution is 5.71. The minimum atomic E-state index is -0.783. The number of hydrogen-bond acceptors (Lipinski definition) is 4. The van der Waals surface area contributed by atoms with Gasteiger partial charge in [-0.1, -0.05) is 0 Å². The Morgan fingerprint density at radius 2 is 2.41 bits per heavy atom. The molecular weight excluding hydrogens is 225 g/mol. The monoisotopic (exact) mass is 239 g/mol. The molecule has 0 bridgehead atoms. The van der Waals surface area contributed by atoms with Crippen molar-refractivity contribution in [3.05, 3.63) is 18.1 Å². The molecule has 1 aromatic rings. The van der Waals surface area contributed by atoms with Gasteiger partial charge < -0.3 is 10.0 Å². The van der Waals surface area contributed by atoms with Gasteiger partial charge in [-0.3, -0.25) is 4.79 Å². The summed E-state index contributed by atoms with van der Waals surface area (Å²) >= 11 is 0. The summed E-state index contributed by atoms with van der Waals surface area (Å²) in [6.45, 7) is 0.552. The Balaban J connectivity index is 2.13. The molecule has 0 aliphatic carbocycles. The van der Waals surface area contributed by atoms with Gasteiger partial charge in [0.2, 0.25) is 0 Å². The first-order valence-electron chi connectivity index (χ1n) is 5.55. The molecule has 0 aromatic carbocycles. The number of aromatic nitrogens is 2. The number of anilines is 1. The fraction of sp³-hybridized carbons (Fsp3) is 0.545. The maximum atomic E-state index is 12.5. The molecule has 1 atom stereocenters. The van der Waals surface area contributed by atoms with Crippen LogP contribution in [0.1, 0.15) is 18.5 Å². The summed E-state index contributed by atoms with van der Waals surface area (Å²) in [5.41, 5.74) is 0.326. The van der Waals surface area contributed by atoms with Gasteiger partial charge in [0.1, 0.15) is 18.8 Å². The molecule has 5 nitrogen and oxygen atoms in total. The third kappa shape index (κ3) is 2.69. The van der Waals surface area contributed by atoms with Crippen LogP contribution in [0.4, 0.5) is 10.2 Å². The second-order valence-electron chi connectivity index (χ2n) is 4.12. The van der Waals surface area contributed by atoms with Gasteiger partial charge in [0.05, 0.1) is 11.6 Å². The zero-order chi connectivity index (χ0) is 12.3. The topological polar surface area (TPSA) is 66.3 Å². The molecule has 0 spiro atoms. The van der Waals surface area contributed by atoms with E-state index in [2.05, 4.69) is 9.97 Å². The fourth-order valence-electron chi connectivity index (χ4n) is 2.02. The number of halogens is 1. The maximum absolute atomic E-state index is 12.5. The quantitative estimate of drug-likeness (QED) is 0.859. The minimum Gasteiger partial charge on any atom is -0.481 e. The van der Waals surface area contributed by atoms with Crippen molar-refractivity contribution in [1.29, 1.82) is 0 Å². The molecule has 1 fully saturated rings. The fourth-order valence-corrected chi connectivity index (χ4v) is 2.02. The Morgan fingerprint density at radius 3 is 3.12 bits per heavy atom. The number of hydrogen-bond donors (Lipinski definition) is 1. The van der Waals surface area contributed by atoms with Crippen molar-refractivity contribution in [2.45, 2.75) is 19.5 Å². The van der Waals surface area contributed by atoms with Gasteiger partial charge in [-0.25, -0.2) is 14.4 Å². The predicted octanol–water partition coefficient (Wildman–Crippen LogP) is 1.25. The van der Waals surface area contributed by atoms with Gasteiger partial charge >= 0.3 is 5.97 Å². The molecule has 17 heavy (non-hydrogen) atoms. The van der Waals surface area contributed by atoms with Crippen LogP contribution < -0.4 is 4.90 Å². The van der Waals surface area contributed by atoms with E-state index in [1.807, 2.05) is 4.90 Å². The molecule has 1 aliphatic heterocycles. The van der Waals surface area contributed by atoms with E-state index < -0.39 is 12.6 Å². The first kappa shape index (κ1) is 11.8. The Bertz CT molecular complexity index is 413. The van der Waals surface area contributed by atoms with E-state index in [1.165, 1.54) is 6.33 Å². The third-order valence-corrected chi connectivity index (χ3v) is 2.94. The molecule has 1 aromatic heterocycles. The van der Waals surface area contributed by atoms with Crippen LogP contribution in [0.2, 0.25) is 0 Å². The van der Waals surface area contributed by atoms with Crippen LogP contribution in [-0.4, -0.2) is 34.1 Å². The van der Waals surface area contributed by atoms with Gasteiger partial charge in [-0.05, 0) is 12.8 Å². The van der Waals surface area contributed by atoms with Crippen molar-refractivity contribution in [3.63, 3.8) is 0 Å². The van der Waals surface area contributed by atoms with Crippen molar-refractivity contribution < 1.29 is 14.3 Å². The van der Waals surface area contributed by atoms with Crippen molar-refractivity contribution in [1.82, 2.24) is 9.97 Å². The van der Waals surface area contributed by atoms with Gasteiger partial charge in [-0.15, -0.1) is 0 Å². The minimum absolute atomic E-state index is 0.326. The molecular formula is C11H14FN3O2. The first-order valence-corrected chi connectivity index (χ1v) is 5.55. The average molecular weight is 239 g/mol. The molecule has 2 rings (SSSR count). The van der Waals surface area contributed by atoms with E-state index in [4.69, 9.17) is 5.11 Å². The number of nitrogens with zero attached hydrogens (tertiary/aromatic N) is 3. The molecule has 0 saturated carbocycles. The number of alkyl halides is 1. The summed E-state index contributed by atoms with van der Waals surface area (Å²) in [5.74, 6) is -0.541. The summed E-state index contributed by atoms with van der Waals surface area (Å²) in [6.07, 6.45) is 2.81. The van der Waals surface area contributed by atoms with Crippen LogP contribution in [0, 0.1) is 5.92 Å². The Kier molecular flexibility index (Phi) is 3.51. The lowest BCUT2D eigenvalue weighted by molar-refractivity contribution is -0.141. The van der Waals surface area contributed by atoms with Crippen LogP contribution in [-0.2, 0) is 11.5 Å². The average Bonchev–Trinajstić information content (AvgIpc) is 2.39. The SMILES string of the molecule is O=C(O)C1CCCN(c2cc(CF)ncn2)C1. The van der Waals surface area contributed by atoms with Crippen LogP contribution in [0.15, 0.2) is 12.4 Å². The third-order valence-electron chi connectivity index (χ3n) is 2.94. The van der Waals surface area contributed by atoms with Crippen molar-refractivity contribution in [2.75, 3.05) is 18.0 Å². The van der Waals surface area contributed by atoms with Gasteiger partial charge in [0.15, 0.2) is 0 Å². The molecule has 6 heteroatoms. The summed E-state index contributed by atoms with van der Waals surface area (Å²) in [5, 5.41) is 8.98. The second-order valence-corrected chi connectivity index (χ2v) is 4.12. The lowest BCUT2D eigenvalue weighted by Gasteiger charge is -2.31. The number of carbonyl (C=O) groups is 1. The Hall–Kier alpha value is -1.72. The molecule has 1 saturated heterocycles. The molecule has 92 valence electrons. The van der Waals surface area contributed by atoms with Gasteiger partial charge in [0.25, 0.3) is 0 Å². The van der Waals surface area contributed by atoms with Crippen molar-refractivity contribution in [3.8, 4) is 0 Å². The second kappa shape index (κ2) is 5.07. The Labute approximate surface area is 98.3 Å². The highest BCUT2D eigenvalue weighted by Gasteiger charge is 2.26. The largest absolute Gasteiger partial charge is 0.481 e. The summed E-state index contributed by atoms with van der Waals surface area (Å²) in [7, 11) is 0. The predicted molar refractivity (Wildman–Crippen MR) is 59.4 cm³/mol. The van der Waals surface area contributed by atoms with Crippen molar-refractivity contribution in [2.24, 2.45) is 5.92 Å². The Morgan fingerprint density at radius 1 is 1.59 bits per heavy atom. The smallest absolute Gasteiger partial charge is 0.308 e. The number of carboxylic acid groups (broad SMARTS) is 1. The molecule has 1 N–H and O–H groups in total. The summed E-state index contributed by atoms with van der Waals surface area (Å²) < 4.78 is 12.5. The number of piperidine rings is 1. The van der Waals surface area contributed by atoms with Gasteiger partial charge in [0, 0.05) is 19.2 Å². The van der Waals surface area contributed by atoms with E-state index >= 15 is 0 Å². The summed E-state index contributed by atoms with van der Waals surface area (Å²) in [6, 6.07) is 1.57. The van der Waals surface area contributed by atoms with Crippen molar-refractivity contribution >= 4 is 11.8 Å². The number of carboxylic acids is 1. The van der Waals surface area contributed by atoms with E-state index in [-0.39, 0.29) is 5.92 Å². The summed E-state index contributed by atoms with van der Waals surface area (Å²) in [4.78, 5) is 20.7. The van der Waals surface area contributed by atoms with Crippen LogP contribution in [0.5, 0.6) is 0 Å². The van der Waals surface area contributed by atoms with E-state index in [0.717, 1.165) is 13.0 Å². The van der Waals surface area contributed by atoms with E-state index in [1.54, 1.807) is 6.07 Å². The van der Waals surface area contributed by atoms with E-state index in [9.17, 15) is 9.18 Å². The zero-order valence-electron chi connectivity index (χ0n) is 9.34. The van der Waals surface area contributed by atoms with Crippen LogP contribution >= 0.6 is 0 Å². The lowest BCUT2D eigenvalue weighted by atomic mass is 9.98. The molecule has 0 radical (unpaired) electrons. The highest BCUT2D eigenvalue weighted by Crippen LogP contribution is 2.21. The molecule has 2 heterocycles. The highest BCUT2D eigenvalue weighted by atomic mass is 19.1. The van der Waals surface area contributed by atoms with Crippen LogP contribution in [0.25, 0.3) is 0 Å².